The van der Waals surface area contributed by atoms with Gasteiger partial charge >= 0.3 is 5.97 Å². The van der Waals surface area contributed by atoms with Crippen molar-refractivity contribution in [3.63, 3.8) is 0 Å². The third-order valence-electron chi connectivity index (χ3n) is 6.91. The van der Waals surface area contributed by atoms with Crippen LogP contribution in [-0.2, 0) is 17.9 Å². The molecule has 1 heterocycles. The van der Waals surface area contributed by atoms with Crippen LogP contribution in [0.25, 0.3) is 11.1 Å². The lowest BCUT2D eigenvalue weighted by molar-refractivity contribution is 0.0595. The van der Waals surface area contributed by atoms with Crippen LogP contribution in [0.15, 0.2) is 97.1 Å². The van der Waals surface area contributed by atoms with Crippen molar-refractivity contribution < 1.29 is 14.3 Å². The third kappa shape index (κ3) is 6.18. The number of carbonyl (C=O) groups excluding carboxylic acids is 1. The summed E-state index contributed by atoms with van der Waals surface area (Å²) < 4.78 is 11.1. The minimum absolute atomic E-state index is 0.384. The Morgan fingerprint density at radius 2 is 1.55 bits per heavy atom. The summed E-state index contributed by atoms with van der Waals surface area (Å²) in [6, 6.07) is 32.3. The number of carbonyl (C=O) groups is 1. The SMILES string of the molecule is COC(=O)c1ccc(N2CCN(Cc3ccccc3-c3ccc(Cl)cc3)CC2)cc1OCc1ccccc1. The highest BCUT2D eigenvalue weighted by molar-refractivity contribution is 6.30. The summed E-state index contributed by atoms with van der Waals surface area (Å²) in [6.45, 7) is 4.92. The van der Waals surface area contributed by atoms with Gasteiger partial charge in [0, 0.05) is 49.5 Å². The predicted molar refractivity (Wildman–Crippen MR) is 153 cm³/mol. The zero-order chi connectivity index (χ0) is 26.3. The largest absolute Gasteiger partial charge is 0.488 e. The van der Waals surface area contributed by atoms with Gasteiger partial charge in [-0.1, -0.05) is 78.3 Å². The molecule has 38 heavy (non-hydrogen) atoms. The Labute approximate surface area is 229 Å². The molecule has 5 nitrogen and oxygen atoms in total. The molecule has 1 saturated heterocycles. The molecule has 1 aliphatic rings. The first-order valence-electron chi connectivity index (χ1n) is 12.8. The van der Waals surface area contributed by atoms with E-state index in [9.17, 15) is 4.79 Å². The van der Waals surface area contributed by atoms with Gasteiger partial charge in [0.25, 0.3) is 0 Å². The van der Waals surface area contributed by atoms with Crippen molar-refractivity contribution in [1.82, 2.24) is 4.90 Å². The first-order valence-corrected chi connectivity index (χ1v) is 13.2. The highest BCUT2D eigenvalue weighted by Gasteiger charge is 2.21. The summed E-state index contributed by atoms with van der Waals surface area (Å²) >= 11 is 6.10. The minimum atomic E-state index is -0.399. The molecular weight excluding hydrogens is 496 g/mol. The smallest absolute Gasteiger partial charge is 0.341 e. The van der Waals surface area contributed by atoms with Gasteiger partial charge in [0.05, 0.1) is 7.11 Å². The Kier molecular flexibility index (Phi) is 8.27. The zero-order valence-corrected chi connectivity index (χ0v) is 22.2. The monoisotopic (exact) mass is 526 g/mol. The second-order valence-electron chi connectivity index (χ2n) is 9.37. The van der Waals surface area contributed by atoms with Crippen molar-refractivity contribution >= 4 is 23.3 Å². The van der Waals surface area contributed by atoms with Crippen LogP contribution >= 0.6 is 11.6 Å². The summed E-state index contributed by atoms with van der Waals surface area (Å²) in [7, 11) is 1.39. The second kappa shape index (κ2) is 12.2. The topological polar surface area (TPSA) is 42.0 Å². The number of hydrogen-bond donors (Lipinski definition) is 0. The maximum absolute atomic E-state index is 12.4. The number of halogens is 1. The van der Waals surface area contributed by atoms with E-state index < -0.39 is 5.97 Å². The zero-order valence-electron chi connectivity index (χ0n) is 21.5. The summed E-state index contributed by atoms with van der Waals surface area (Å²) in [6.07, 6.45) is 0. The molecule has 4 aromatic carbocycles. The molecule has 1 aliphatic heterocycles. The molecule has 0 aromatic heterocycles. The Morgan fingerprint density at radius 3 is 2.29 bits per heavy atom. The van der Waals surface area contributed by atoms with Gasteiger partial charge in [0.2, 0.25) is 0 Å². The summed E-state index contributed by atoms with van der Waals surface area (Å²) in [5.41, 5.74) is 6.25. The van der Waals surface area contributed by atoms with Crippen molar-refractivity contribution in [2.75, 3.05) is 38.2 Å². The predicted octanol–water partition coefficient (Wildman–Crippen LogP) is 6.69. The Balaban J connectivity index is 1.26. The van der Waals surface area contributed by atoms with Gasteiger partial charge < -0.3 is 14.4 Å². The number of anilines is 1. The van der Waals surface area contributed by atoms with E-state index in [1.54, 1.807) is 6.07 Å². The molecule has 0 spiro atoms. The molecular formula is C32H31ClN2O3. The molecule has 194 valence electrons. The molecule has 0 amide bonds. The van der Waals surface area contributed by atoms with E-state index in [0.29, 0.717) is 17.9 Å². The molecule has 5 rings (SSSR count). The van der Waals surface area contributed by atoms with Gasteiger partial charge in [0.15, 0.2) is 0 Å². The van der Waals surface area contributed by atoms with Gasteiger partial charge in [-0.15, -0.1) is 0 Å². The fourth-order valence-electron chi connectivity index (χ4n) is 4.82. The Morgan fingerprint density at radius 1 is 0.842 bits per heavy atom. The van der Waals surface area contributed by atoms with Crippen LogP contribution in [0.5, 0.6) is 5.75 Å². The highest BCUT2D eigenvalue weighted by atomic mass is 35.5. The number of rotatable bonds is 8. The second-order valence-corrected chi connectivity index (χ2v) is 9.81. The van der Waals surface area contributed by atoms with Crippen LogP contribution in [0.2, 0.25) is 5.02 Å². The molecule has 0 aliphatic carbocycles. The molecule has 4 aromatic rings. The van der Waals surface area contributed by atoms with E-state index in [2.05, 4.69) is 46.2 Å². The van der Waals surface area contributed by atoms with E-state index in [4.69, 9.17) is 21.1 Å². The normalized spacial score (nSPS) is 13.8. The van der Waals surface area contributed by atoms with E-state index >= 15 is 0 Å². The van der Waals surface area contributed by atoms with Crippen LogP contribution in [0.3, 0.4) is 0 Å². The lowest BCUT2D eigenvalue weighted by Crippen LogP contribution is -2.46. The molecule has 0 unspecified atom stereocenters. The maximum Gasteiger partial charge on any atom is 0.341 e. The van der Waals surface area contributed by atoms with E-state index in [0.717, 1.165) is 49.0 Å². The maximum atomic E-state index is 12.4. The quantitative estimate of drug-likeness (QED) is 0.239. The van der Waals surface area contributed by atoms with E-state index in [1.165, 1.54) is 23.8 Å². The van der Waals surface area contributed by atoms with Crippen molar-refractivity contribution in [2.45, 2.75) is 13.2 Å². The van der Waals surface area contributed by atoms with Gasteiger partial charge in [-0.25, -0.2) is 4.79 Å². The number of esters is 1. The van der Waals surface area contributed by atoms with Gasteiger partial charge in [0.1, 0.15) is 17.9 Å². The summed E-state index contributed by atoms with van der Waals surface area (Å²) in [5, 5.41) is 0.746. The van der Waals surface area contributed by atoms with Crippen molar-refractivity contribution in [1.29, 1.82) is 0 Å². The summed E-state index contributed by atoms with van der Waals surface area (Å²) in [5.74, 6) is 0.140. The van der Waals surface area contributed by atoms with E-state index in [-0.39, 0.29) is 0 Å². The van der Waals surface area contributed by atoms with Crippen LogP contribution in [0.1, 0.15) is 21.5 Å². The molecule has 0 radical (unpaired) electrons. The fourth-order valence-corrected chi connectivity index (χ4v) is 4.94. The molecule has 0 N–H and O–H groups in total. The van der Waals surface area contributed by atoms with Crippen LogP contribution in [-0.4, -0.2) is 44.2 Å². The highest BCUT2D eigenvalue weighted by Crippen LogP contribution is 2.30. The number of hydrogen-bond acceptors (Lipinski definition) is 5. The number of nitrogens with zero attached hydrogens (tertiary/aromatic N) is 2. The first-order chi connectivity index (χ1) is 18.6. The fraction of sp³-hybridized carbons (Fsp3) is 0.219. The lowest BCUT2D eigenvalue weighted by atomic mass is 9.99. The van der Waals surface area contributed by atoms with Crippen molar-refractivity contribution in [3.8, 4) is 16.9 Å². The summed E-state index contributed by atoms with van der Waals surface area (Å²) in [4.78, 5) is 17.2. The standard InChI is InChI=1S/C32H31ClN2O3/c1-37-32(36)30-16-15-28(21-31(30)38-23-24-7-3-2-4-8-24)35-19-17-34(18-20-35)22-26-9-5-6-10-29(26)25-11-13-27(33)14-12-25/h2-16,21H,17-20,22-23H2,1H3. The molecule has 1 fully saturated rings. The Hall–Kier alpha value is -3.80. The number of benzene rings is 4. The Bertz CT molecular complexity index is 1370. The van der Waals surface area contributed by atoms with Crippen LogP contribution in [0, 0.1) is 0 Å². The van der Waals surface area contributed by atoms with Gasteiger partial charge in [-0.2, -0.15) is 0 Å². The number of ether oxygens (including phenoxy) is 2. The van der Waals surface area contributed by atoms with Gasteiger partial charge in [-0.3, -0.25) is 4.90 Å². The molecule has 0 saturated carbocycles. The average Bonchev–Trinajstić information content (AvgIpc) is 2.97. The first kappa shape index (κ1) is 25.8. The number of piperazine rings is 1. The minimum Gasteiger partial charge on any atom is -0.488 e. The molecule has 6 heteroatoms. The number of methoxy groups -OCH3 is 1. The molecule has 0 bridgehead atoms. The van der Waals surface area contributed by atoms with E-state index in [1.807, 2.05) is 54.6 Å². The van der Waals surface area contributed by atoms with Crippen molar-refractivity contribution in [3.05, 3.63) is 119 Å². The lowest BCUT2D eigenvalue weighted by Gasteiger charge is -2.36. The van der Waals surface area contributed by atoms with Crippen LogP contribution < -0.4 is 9.64 Å². The van der Waals surface area contributed by atoms with Crippen LogP contribution in [0.4, 0.5) is 5.69 Å². The van der Waals surface area contributed by atoms with Gasteiger partial charge in [-0.05, 0) is 46.5 Å². The third-order valence-corrected chi connectivity index (χ3v) is 7.16. The average molecular weight is 527 g/mol. The molecule has 0 atom stereocenters. The van der Waals surface area contributed by atoms with Crippen molar-refractivity contribution in [2.24, 2.45) is 0 Å².